The number of amides is 1. The van der Waals surface area contributed by atoms with E-state index in [2.05, 4.69) is 5.32 Å². The number of ether oxygens (including phenoxy) is 3. The molecule has 1 amide bonds. The minimum Gasteiger partial charge on any atom is -0.497 e. The largest absolute Gasteiger partial charge is 0.497 e. The first-order valence-electron chi connectivity index (χ1n) is 9.86. The summed E-state index contributed by atoms with van der Waals surface area (Å²) in [6.07, 6.45) is 1.07. The van der Waals surface area contributed by atoms with Crippen LogP contribution in [-0.2, 0) is 14.8 Å². The lowest BCUT2D eigenvalue weighted by molar-refractivity contribution is -0.122. The predicted molar refractivity (Wildman–Crippen MR) is 120 cm³/mol. The Labute approximate surface area is 184 Å². The maximum atomic E-state index is 13.0. The van der Waals surface area contributed by atoms with E-state index in [4.69, 9.17) is 14.2 Å². The van der Waals surface area contributed by atoms with Crippen molar-refractivity contribution in [1.82, 2.24) is 5.32 Å². The number of nitrogens with one attached hydrogen (secondary N) is 1. The van der Waals surface area contributed by atoms with Crippen molar-refractivity contribution in [3.05, 3.63) is 48.0 Å². The summed E-state index contributed by atoms with van der Waals surface area (Å²) in [5, 5.41) is 2.87. The van der Waals surface area contributed by atoms with Crippen molar-refractivity contribution in [3.8, 4) is 17.2 Å². The van der Waals surface area contributed by atoms with E-state index < -0.39 is 28.0 Å². The molecule has 0 unspecified atom stereocenters. The van der Waals surface area contributed by atoms with Crippen LogP contribution in [0.3, 0.4) is 0 Å². The van der Waals surface area contributed by atoms with Crippen LogP contribution in [-0.4, -0.2) is 47.4 Å². The highest BCUT2D eigenvalue weighted by Crippen LogP contribution is 2.30. The Hall–Kier alpha value is -2.94. The lowest BCUT2D eigenvalue weighted by Crippen LogP contribution is -2.48. The summed E-state index contributed by atoms with van der Waals surface area (Å²) in [5.74, 6) is 1.39. The quantitative estimate of drug-likeness (QED) is 0.598. The fraction of sp³-hybridized carbons (Fsp3) is 0.409. The van der Waals surface area contributed by atoms with E-state index in [9.17, 15) is 13.2 Å². The van der Waals surface area contributed by atoms with Crippen LogP contribution in [0.4, 0.5) is 5.69 Å². The smallest absolute Gasteiger partial charge is 0.244 e. The summed E-state index contributed by atoms with van der Waals surface area (Å²) in [6, 6.07) is 10.4. The van der Waals surface area contributed by atoms with Gasteiger partial charge in [-0.2, -0.15) is 0 Å². The van der Waals surface area contributed by atoms with Crippen molar-refractivity contribution < 1.29 is 27.4 Å². The zero-order valence-corrected chi connectivity index (χ0v) is 19.5. The third-order valence-electron chi connectivity index (χ3n) is 4.75. The summed E-state index contributed by atoms with van der Waals surface area (Å²) >= 11 is 0. The molecule has 0 heterocycles. The van der Waals surface area contributed by atoms with Crippen molar-refractivity contribution in [1.29, 1.82) is 0 Å². The van der Waals surface area contributed by atoms with Crippen LogP contribution in [0.25, 0.3) is 0 Å². The van der Waals surface area contributed by atoms with Gasteiger partial charge in [0, 0.05) is 5.56 Å². The molecular formula is C22H30N2O6S. The SMILES string of the molecule is CCOc1ccc(N([C@H](C)C(=O)N[C@H](C)c2cc(OC)ccc2OC)S(C)(=O)=O)cc1. The summed E-state index contributed by atoms with van der Waals surface area (Å²) in [4.78, 5) is 13.0. The van der Waals surface area contributed by atoms with Gasteiger partial charge in [0.1, 0.15) is 23.3 Å². The number of anilines is 1. The summed E-state index contributed by atoms with van der Waals surface area (Å²) in [5.41, 5.74) is 1.09. The molecule has 9 heteroatoms. The Morgan fingerprint density at radius 1 is 1.03 bits per heavy atom. The highest BCUT2D eigenvalue weighted by molar-refractivity contribution is 7.92. The lowest BCUT2D eigenvalue weighted by Gasteiger charge is -2.29. The minimum absolute atomic E-state index is 0.375. The maximum Gasteiger partial charge on any atom is 0.244 e. The number of benzene rings is 2. The average molecular weight is 451 g/mol. The molecule has 0 aromatic heterocycles. The first-order valence-corrected chi connectivity index (χ1v) is 11.7. The molecule has 0 aliphatic heterocycles. The normalized spacial score (nSPS) is 13.1. The monoisotopic (exact) mass is 450 g/mol. The summed E-state index contributed by atoms with van der Waals surface area (Å²) in [7, 11) is -0.630. The molecule has 0 spiro atoms. The first-order chi connectivity index (χ1) is 14.6. The second-order valence-electron chi connectivity index (χ2n) is 7.00. The van der Waals surface area contributed by atoms with Gasteiger partial charge in [0.2, 0.25) is 15.9 Å². The topological polar surface area (TPSA) is 94.2 Å². The first kappa shape index (κ1) is 24.3. The van der Waals surface area contributed by atoms with Gasteiger partial charge in [-0.15, -0.1) is 0 Å². The number of methoxy groups -OCH3 is 2. The third kappa shape index (κ3) is 6.04. The van der Waals surface area contributed by atoms with Crippen molar-refractivity contribution in [3.63, 3.8) is 0 Å². The molecule has 0 radical (unpaired) electrons. The molecule has 2 rings (SSSR count). The van der Waals surface area contributed by atoms with Crippen LogP contribution in [0.5, 0.6) is 17.2 Å². The van der Waals surface area contributed by atoms with Crippen LogP contribution >= 0.6 is 0 Å². The van der Waals surface area contributed by atoms with Crippen LogP contribution in [0, 0.1) is 0 Å². The molecule has 2 aromatic rings. The van der Waals surface area contributed by atoms with Crippen LogP contribution < -0.4 is 23.8 Å². The van der Waals surface area contributed by atoms with Gasteiger partial charge in [-0.25, -0.2) is 8.42 Å². The Morgan fingerprint density at radius 2 is 1.65 bits per heavy atom. The molecule has 170 valence electrons. The van der Waals surface area contributed by atoms with Crippen molar-refractivity contribution >= 4 is 21.6 Å². The van der Waals surface area contributed by atoms with Crippen molar-refractivity contribution in [2.75, 3.05) is 31.4 Å². The van der Waals surface area contributed by atoms with E-state index >= 15 is 0 Å². The second kappa shape index (κ2) is 10.4. The van der Waals surface area contributed by atoms with E-state index in [1.165, 1.54) is 0 Å². The molecule has 0 aliphatic carbocycles. The highest BCUT2D eigenvalue weighted by Gasteiger charge is 2.30. The van der Waals surface area contributed by atoms with E-state index in [0.29, 0.717) is 29.5 Å². The minimum atomic E-state index is -3.72. The van der Waals surface area contributed by atoms with Gasteiger partial charge in [-0.3, -0.25) is 9.10 Å². The molecule has 0 aliphatic rings. The standard InChI is InChI=1S/C22H30N2O6S/c1-7-30-18-10-8-17(9-11-18)24(31(6,26)27)16(3)22(25)23-15(2)20-14-19(28-4)12-13-21(20)29-5/h8-16H,7H2,1-6H3,(H,23,25)/t15-,16-/m1/s1. The van der Waals surface area contributed by atoms with Crippen LogP contribution in [0.2, 0.25) is 0 Å². The second-order valence-corrected chi connectivity index (χ2v) is 8.86. The van der Waals surface area contributed by atoms with E-state index in [1.54, 1.807) is 70.5 Å². The Morgan fingerprint density at radius 3 is 2.16 bits per heavy atom. The molecule has 0 bridgehead atoms. The molecular weight excluding hydrogens is 420 g/mol. The summed E-state index contributed by atoms with van der Waals surface area (Å²) in [6.45, 7) is 5.70. The van der Waals surface area contributed by atoms with Gasteiger partial charge in [0.15, 0.2) is 0 Å². The number of carbonyl (C=O) groups is 1. The van der Waals surface area contributed by atoms with Gasteiger partial charge in [0.25, 0.3) is 0 Å². The third-order valence-corrected chi connectivity index (χ3v) is 5.99. The lowest BCUT2D eigenvalue weighted by atomic mass is 10.1. The van der Waals surface area contributed by atoms with Crippen LogP contribution in [0.1, 0.15) is 32.4 Å². The number of carbonyl (C=O) groups excluding carboxylic acids is 1. The molecule has 0 fully saturated rings. The molecule has 1 N–H and O–H groups in total. The van der Waals surface area contributed by atoms with Crippen molar-refractivity contribution in [2.45, 2.75) is 32.9 Å². The molecule has 8 nitrogen and oxygen atoms in total. The number of nitrogens with zero attached hydrogens (tertiary/aromatic N) is 1. The Balaban J connectivity index is 2.28. The number of hydrogen-bond donors (Lipinski definition) is 1. The molecule has 2 aromatic carbocycles. The van der Waals surface area contributed by atoms with Gasteiger partial charge >= 0.3 is 0 Å². The van der Waals surface area contributed by atoms with Gasteiger partial charge < -0.3 is 19.5 Å². The Kier molecular flexibility index (Phi) is 8.15. The Bertz CT molecular complexity index is 992. The van der Waals surface area contributed by atoms with Crippen LogP contribution in [0.15, 0.2) is 42.5 Å². The molecule has 31 heavy (non-hydrogen) atoms. The van der Waals surface area contributed by atoms with E-state index in [-0.39, 0.29) is 0 Å². The number of hydrogen-bond acceptors (Lipinski definition) is 6. The average Bonchev–Trinajstić information content (AvgIpc) is 2.73. The zero-order chi connectivity index (χ0) is 23.2. The van der Waals surface area contributed by atoms with Gasteiger partial charge in [0.05, 0.1) is 38.8 Å². The van der Waals surface area contributed by atoms with E-state index in [1.807, 2.05) is 6.92 Å². The number of rotatable bonds is 10. The molecule has 2 atom stereocenters. The van der Waals surface area contributed by atoms with Crippen molar-refractivity contribution in [2.24, 2.45) is 0 Å². The molecule has 0 saturated carbocycles. The van der Waals surface area contributed by atoms with Gasteiger partial charge in [-0.05, 0) is 63.2 Å². The zero-order valence-electron chi connectivity index (χ0n) is 18.7. The highest BCUT2D eigenvalue weighted by atomic mass is 32.2. The predicted octanol–water partition coefficient (Wildman–Crippen LogP) is 3.13. The summed E-state index contributed by atoms with van der Waals surface area (Å²) < 4.78 is 42.2. The van der Waals surface area contributed by atoms with Gasteiger partial charge in [-0.1, -0.05) is 0 Å². The molecule has 0 saturated heterocycles. The number of sulfonamides is 1. The fourth-order valence-corrected chi connectivity index (χ4v) is 4.43. The fourth-order valence-electron chi connectivity index (χ4n) is 3.25. The maximum absolute atomic E-state index is 13.0. The van der Waals surface area contributed by atoms with E-state index in [0.717, 1.165) is 16.1 Å².